The van der Waals surface area contributed by atoms with Crippen LogP contribution >= 0.6 is 0 Å². The first-order valence-corrected chi connectivity index (χ1v) is 8.69. The smallest absolute Gasteiger partial charge is 0.255 e. The maximum absolute atomic E-state index is 12.3. The molecule has 0 atom stereocenters. The molecule has 28 heavy (non-hydrogen) atoms. The first-order chi connectivity index (χ1) is 13.5. The monoisotopic (exact) mass is 383 g/mol. The van der Waals surface area contributed by atoms with Gasteiger partial charge in [0.15, 0.2) is 5.88 Å². The Labute approximate surface area is 170 Å². The zero-order valence-corrected chi connectivity index (χ0v) is 15.7. The molecule has 0 unspecified atom stereocenters. The van der Waals surface area contributed by atoms with E-state index in [-0.39, 0.29) is 10.2 Å². The average molecular weight is 384 g/mol. The number of nitrogens with two attached hydrogens (primary N) is 1. The number of hydrogen-bond acceptors (Lipinski definition) is 5. The molecule has 0 saturated heterocycles. The van der Waals surface area contributed by atoms with Gasteiger partial charge in [0, 0.05) is 29.0 Å². The van der Waals surface area contributed by atoms with Gasteiger partial charge in [0.05, 0.1) is 11.4 Å². The van der Waals surface area contributed by atoms with Gasteiger partial charge < -0.3 is 26.4 Å². The summed E-state index contributed by atoms with van der Waals surface area (Å²) < 4.78 is 5.58. The number of dihydropyridines is 1. The highest BCUT2D eigenvalue weighted by Crippen LogP contribution is 2.09. The molecule has 1 aliphatic rings. The maximum atomic E-state index is 12.3. The molecule has 0 aliphatic carbocycles. The minimum atomic E-state index is -0.272. The quantitative estimate of drug-likeness (QED) is 0.367. The van der Waals surface area contributed by atoms with Crippen molar-refractivity contribution in [2.75, 3.05) is 6.61 Å². The van der Waals surface area contributed by atoms with Crippen LogP contribution in [0.1, 0.15) is 20.2 Å². The Balaban J connectivity index is 0. The molecular weight excluding hydrogens is 352 g/mol. The average Bonchev–Trinajstić information content (AvgIpc) is 2.74. The molecule has 151 valence electrons. The number of rotatable bonds is 10. The van der Waals surface area contributed by atoms with Crippen LogP contribution in [0, 0.1) is 6.42 Å². The minimum Gasteiger partial charge on any atom is -0.475 e. The summed E-state index contributed by atoms with van der Waals surface area (Å²) in [5.41, 5.74) is 9.05. The SMILES string of the molecule is C=C/C(N)=C(\C=C)NC(=O)c1ccc(CNC(=C)OCC2=CNC=C[CH]2)cc1.[HH].[HH].[HH]. The van der Waals surface area contributed by atoms with Gasteiger partial charge in [-0.25, -0.2) is 0 Å². The molecule has 1 aliphatic heterocycles. The van der Waals surface area contributed by atoms with Crippen LogP contribution in [0.4, 0.5) is 0 Å². The summed E-state index contributed by atoms with van der Waals surface area (Å²) in [5, 5.41) is 8.81. The van der Waals surface area contributed by atoms with Gasteiger partial charge in [-0.2, -0.15) is 0 Å². The Kier molecular flexibility index (Phi) is 7.72. The van der Waals surface area contributed by atoms with E-state index in [0.717, 1.165) is 11.1 Å². The molecule has 1 amide bonds. The van der Waals surface area contributed by atoms with E-state index in [0.29, 0.717) is 36.0 Å². The van der Waals surface area contributed by atoms with Gasteiger partial charge >= 0.3 is 0 Å². The Morgan fingerprint density at radius 2 is 2.00 bits per heavy atom. The van der Waals surface area contributed by atoms with E-state index in [9.17, 15) is 4.79 Å². The van der Waals surface area contributed by atoms with Crippen LogP contribution in [0.5, 0.6) is 0 Å². The van der Waals surface area contributed by atoms with Gasteiger partial charge in [0.2, 0.25) is 0 Å². The van der Waals surface area contributed by atoms with E-state index in [1.165, 1.54) is 12.2 Å². The predicted octanol–water partition coefficient (Wildman–Crippen LogP) is 3.48. The van der Waals surface area contributed by atoms with E-state index in [2.05, 4.69) is 35.7 Å². The van der Waals surface area contributed by atoms with E-state index in [1.54, 1.807) is 12.1 Å². The summed E-state index contributed by atoms with van der Waals surface area (Å²) in [5.74, 6) is 0.206. The summed E-state index contributed by atoms with van der Waals surface area (Å²) in [6.07, 6.45) is 10.5. The van der Waals surface area contributed by atoms with E-state index >= 15 is 0 Å². The van der Waals surface area contributed by atoms with Gasteiger partial charge in [0.1, 0.15) is 6.61 Å². The van der Waals surface area contributed by atoms with Crippen LogP contribution < -0.4 is 21.7 Å². The van der Waals surface area contributed by atoms with Crippen LogP contribution in [0.2, 0.25) is 0 Å². The van der Waals surface area contributed by atoms with Crippen molar-refractivity contribution < 1.29 is 13.8 Å². The Morgan fingerprint density at radius 3 is 2.61 bits per heavy atom. The lowest BCUT2D eigenvalue weighted by Crippen LogP contribution is -2.24. The molecule has 0 saturated carbocycles. The highest BCUT2D eigenvalue weighted by atomic mass is 16.5. The van der Waals surface area contributed by atoms with Gasteiger partial charge in [0.25, 0.3) is 5.91 Å². The van der Waals surface area contributed by atoms with Gasteiger partial charge in [-0.05, 0) is 48.2 Å². The van der Waals surface area contributed by atoms with Crippen molar-refractivity contribution >= 4 is 5.91 Å². The first kappa shape index (κ1) is 20.6. The second-order valence-electron chi connectivity index (χ2n) is 5.91. The van der Waals surface area contributed by atoms with Crippen molar-refractivity contribution in [3.63, 3.8) is 0 Å². The van der Waals surface area contributed by atoms with Gasteiger partial charge in [-0.3, -0.25) is 4.79 Å². The Hall–Kier alpha value is -3.67. The molecule has 1 aromatic rings. The molecule has 1 radical (unpaired) electrons. The lowest BCUT2D eigenvalue weighted by Gasteiger charge is -2.14. The van der Waals surface area contributed by atoms with Crippen LogP contribution in [0.15, 0.2) is 97.5 Å². The second kappa shape index (κ2) is 10.5. The lowest BCUT2D eigenvalue weighted by atomic mass is 10.1. The largest absolute Gasteiger partial charge is 0.475 e. The third-order valence-corrected chi connectivity index (χ3v) is 3.87. The molecule has 0 bridgehead atoms. The van der Waals surface area contributed by atoms with Crippen LogP contribution in [-0.4, -0.2) is 12.5 Å². The molecule has 2 rings (SSSR count). The fourth-order valence-corrected chi connectivity index (χ4v) is 2.26. The van der Waals surface area contributed by atoms with Crippen molar-refractivity contribution in [2.24, 2.45) is 5.73 Å². The van der Waals surface area contributed by atoms with Crippen LogP contribution in [-0.2, 0) is 11.3 Å². The Bertz CT molecular complexity index is 847. The highest BCUT2D eigenvalue weighted by molar-refractivity contribution is 5.95. The van der Waals surface area contributed by atoms with Crippen molar-refractivity contribution in [3.05, 3.63) is 115 Å². The normalized spacial score (nSPS) is 13.4. The number of carbonyl (C=O) groups is 1. The van der Waals surface area contributed by atoms with E-state index in [1.807, 2.05) is 37.0 Å². The molecule has 5 N–H and O–H groups in total. The van der Waals surface area contributed by atoms with Gasteiger partial charge in [-0.15, -0.1) is 0 Å². The molecule has 6 nitrogen and oxygen atoms in total. The number of ether oxygens (including phenoxy) is 1. The highest BCUT2D eigenvalue weighted by Gasteiger charge is 2.08. The second-order valence-corrected chi connectivity index (χ2v) is 5.91. The lowest BCUT2D eigenvalue weighted by molar-refractivity contribution is 0.0967. The summed E-state index contributed by atoms with van der Waals surface area (Å²) in [4.78, 5) is 12.3. The zero-order valence-electron chi connectivity index (χ0n) is 15.7. The summed E-state index contributed by atoms with van der Waals surface area (Å²) in [6, 6.07) is 7.19. The Morgan fingerprint density at radius 1 is 1.25 bits per heavy atom. The molecule has 1 aromatic carbocycles. The summed E-state index contributed by atoms with van der Waals surface area (Å²) in [7, 11) is 0. The topological polar surface area (TPSA) is 88.4 Å². The zero-order chi connectivity index (χ0) is 20.4. The van der Waals surface area contributed by atoms with E-state index < -0.39 is 0 Å². The number of allylic oxidation sites excluding steroid dienone is 3. The molecule has 1 heterocycles. The number of nitrogens with one attached hydrogen (secondary N) is 3. The fraction of sp³-hybridized carbons (Fsp3) is 0.0909. The molecule has 0 spiro atoms. The molecule has 6 heteroatoms. The predicted molar refractivity (Wildman–Crippen MR) is 118 cm³/mol. The minimum absolute atomic E-state index is 0. The van der Waals surface area contributed by atoms with Crippen LogP contribution in [0.3, 0.4) is 0 Å². The standard InChI is InChI=1S/C22H25N4O2.3H2/c1-4-20(23)21(5-2)26-22(27)19-10-8-17(9-11-19)14-25-16(3)28-15-18-7-6-12-24-13-18;;;/h4-13,24-25H,1-3,14-15,23H2,(H,26,27);3*1H/b21-20-;;;. The number of amides is 1. The number of hydrogen-bond donors (Lipinski definition) is 4. The van der Waals surface area contributed by atoms with Crippen molar-refractivity contribution in [1.82, 2.24) is 16.0 Å². The van der Waals surface area contributed by atoms with Gasteiger partial charge in [-0.1, -0.05) is 31.4 Å². The number of carbonyl (C=O) groups excluding carboxylic acids is 1. The molecule has 0 aromatic heterocycles. The summed E-state index contributed by atoms with van der Waals surface area (Å²) >= 11 is 0. The van der Waals surface area contributed by atoms with Crippen molar-refractivity contribution in [3.8, 4) is 0 Å². The molecule has 0 fully saturated rings. The maximum Gasteiger partial charge on any atom is 0.255 e. The number of benzene rings is 1. The van der Waals surface area contributed by atoms with E-state index in [4.69, 9.17) is 10.5 Å². The van der Waals surface area contributed by atoms with Crippen molar-refractivity contribution in [2.45, 2.75) is 6.54 Å². The molecular formula is C22H31N4O2. The third kappa shape index (κ3) is 6.25. The third-order valence-electron chi connectivity index (χ3n) is 3.87. The summed E-state index contributed by atoms with van der Waals surface area (Å²) in [6.45, 7) is 12.0. The first-order valence-electron chi connectivity index (χ1n) is 8.69. The fourth-order valence-electron chi connectivity index (χ4n) is 2.26. The van der Waals surface area contributed by atoms with Crippen LogP contribution in [0.25, 0.3) is 0 Å². The van der Waals surface area contributed by atoms with Crippen molar-refractivity contribution in [1.29, 1.82) is 0 Å².